The Morgan fingerprint density at radius 2 is 1.86 bits per heavy atom. The van der Waals surface area contributed by atoms with E-state index in [1.165, 1.54) is 18.2 Å². The number of anilines is 2. The summed E-state index contributed by atoms with van der Waals surface area (Å²) < 4.78 is 53.9. The molecule has 3 aliphatic rings. The first kappa shape index (κ1) is 28.1. The van der Waals surface area contributed by atoms with Crippen LogP contribution in [0.15, 0.2) is 48.5 Å². The van der Waals surface area contributed by atoms with Gasteiger partial charge in [-0.3, -0.25) is 4.79 Å². The second-order valence-corrected chi connectivity index (χ2v) is 11.3. The molecule has 0 radical (unpaired) electrons. The van der Waals surface area contributed by atoms with Crippen molar-refractivity contribution in [2.45, 2.75) is 50.4 Å². The molecule has 2 aromatic carbocycles. The number of aromatic nitrogens is 2. The van der Waals surface area contributed by atoms with Crippen molar-refractivity contribution in [3.63, 3.8) is 0 Å². The molecule has 1 spiro atoms. The maximum Gasteiger partial charge on any atom is 0.429 e. The largest absolute Gasteiger partial charge is 0.493 e. The Balaban J connectivity index is 1.18. The van der Waals surface area contributed by atoms with E-state index >= 15 is 0 Å². The predicted molar refractivity (Wildman–Crippen MR) is 149 cm³/mol. The number of fused-ring (bicyclic) bond motifs is 1. The molecule has 2 fully saturated rings. The average molecular weight is 584 g/mol. The van der Waals surface area contributed by atoms with Crippen LogP contribution in [0.25, 0.3) is 11.1 Å². The summed E-state index contributed by atoms with van der Waals surface area (Å²) in [7, 11) is 0. The number of nitrogen functional groups attached to an aromatic ring is 1. The van der Waals surface area contributed by atoms with Gasteiger partial charge in [0.25, 0.3) is 0 Å². The van der Waals surface area contributed by atoms with Crippen LogP contribution in [-0.2, 0) is 11.2 Å². The summed E-state index contributed by atoms with van der Waals surface area (Å²) in [5, 5.41) is 12.4. The van der Waals surface area contributed by atoms with E-state index in [9.17, 15) is 23.1 Å². The summed E-state index contributed by atoms with van der Waals surface area (Å²) in [6.45, 7) is 2.42. The Kier molecular flexibility index (Phi) is 7.34. The van der Waals surface area contributed by atoms with E-state index < -0.39 is 24.3 Å². The normalized spacial score (nSPS) is 20.5. The van der Waals surface area contributed by atoms with Gasteiger partial charge in [-0.05, 0) is 66.3 Å². The third kappa shape index (κ3) is 5.80. The minimum atomic E-state index is -4.71. The molecule has 0 amide bonds. The van der Waals surface area contributed by atoms with Crippen LogP contribution in [0, 0.1) is 5.41 Å². The highest BCUT2D eigenvalue weighted by Crippen LogP contribution is 2.42. The van der Waals surface area contributed by atoms with Gasteiger partial charge in [0, 0.05) is 31.3 Å². The van der Waals surface area contributed by atoms with Crippen molar-refractivity contribution in [1.82, 2.24) is 15.3 Å². The molecule has 0 unspecified atom stereocenters. The number of nitrogens with two attached hydrogens (primary N) is 1. The number of carboxylic acid groups (broad SMARTS) is 1. The highest BCUT2D eigenvalue weighted by molar-refractivity contribution is 5.74. The number of aliphatic carboxylic acids is 1. The molecule has 12 heteroatoms. The van der Waals surface area contributed by atoms with Crippen molar-refractivity contribution >= 4 is 17.7 Å². The molecule has 4 heterocycles. The van der Waals surface area contributed by atoms with E-state index in [1.54, 1.807) is 12.1 Å². The number of piperidine rings is 1. The van der Waals surface area contributed by atoms with Crippen LogP contribution in [0.3, 0.4) is 0 Å². The molecule has 1 aromatic heterocycles. The highest BCUT2D eigenvalue weighted by atomic mass is 19.4. The van der Waals surface area contributed by atoms with Gasteiger partial charge in [0.15, 0.2) is 0 Å². The average Bonchev–Trinajstić information content (AvgIpc) is 3.39. The van der Waals surface area contributed by atoms with Gasteiger partial charge in [-0.15, -0.1) is 0 Å². The lowest BCUT2D eigenvalue weighted by molar-refractivity contribution is -0.198. The number of rotatable bonds is 6. The van der Waals surface area contributed by atoms with Crippen LogP contribution in [0.4, 0.5) is 24.9 Å². The number of hydrogen-bond acceptors (Lipinski definition) is 8. The van der Waals surface area contributed by atoms with Crippen molar-refractivity contribution in [2.24, 2.45) is 5.41 Å². The quantitative estimate of drug-likeness (QED) is 0.377. The van der Waals surface area contributed by atoms with Crippen molar-refractivity contribution in [3.05, 3.63) is 59.7 Å². The molecule has 2 atom stereocenters. The van der Waals surface area contributed by atoms with Gasteiger partial charge in [0.2, 0.25) is 17.9 Å². The topological polar surface area (TPSA) is 123 Å². The van der Waals surface area contributed by atoms with E-state index in [1.807, 2.05) is 23.1 Å². The van der Waals surface area contributed by atoms with Crippen LogP contribution in [0.5, 0.6) is 11.6 Å². The summed E-state index contributed by atoms with van der Waals surface area (Å²) in [4.78, 5) is 21.5. The Bertz CT molecular complexity index is 1460. The zero-order valence-corrected chi connectivity index (χ0v) is 22.9. The Morgan fingerprint density at radius 1 is 1.12 bits per heavy atom. The molecule has 42 heavy (non-hydrogen) atoms. The smallest absolute Gasteiger partial charge is 0.429 e. The van der Waals surface area contributed by atoms with Crippen LogP contribution in [-0.4, -0.2) is 59.5 Å². The van der Waals surface area contributed by atoms with Crippen molar-refractivity contribution in [1.29, 1.82) is 0 Å². The molecule has 222 valence electrons. The highest BCUT2D eigenvalue weighted by Gasteiger charge is 2.45. The Labute approximate surface area is 240 Å². The van der Waals surface area contributed by atoms with Crippen LogP contribution in [0.1, 0.15) is 42.9 Å². The van der Waals surface area contributed by atoms with E-state index in [4.69, 9.17) is 15.2 Å². The zero-order chi connectivity index (χ0) is 29.5. The molecule has 2 saturated heterocycles. The molecular formula is C30H32F3N5O4. The zero-order valence-electron chi connectivity index (χ0n) is 22.9. The first-order valence-corrected chi connectivity index (χ1v) is 14.0. The van der Waals surface area contributed by atoms with Gasteiger partial charge < -0.3 is 30.5 Å². The van der Waals surface area contributed by atoms with E-state index in [-0.39, 0.29) is 22.8 Å². The number of alkyl halides is 3. The minimum absolute atomic E-state index is 0.0621. The Morgan fingerprint density at radius 3 is 2.55 bits per heavy atom. The number of carbonyl (C=O) groups is 1. The van der Waals surface area contributed by atoms with Gasteiger partial charge in [-0.25, -0.2) is 0 Å². The SMILES string of the molecule is Nc1nc(O[C@H](c2ccc(-c3ccc4c(c3)CCCO4)cc2)C(F)(F)F)cc(N2CCC3(CC2)CN[C@H](C(=O)O)C3)n1. The summed E-state index contributed by atoms with van der Waals surface area (Å²) in [6.07, 6.45) is -3.15. The fourth-order valence-electron chi connectivity index (χ4n) is 6.17. The third-order valence-electron chi connectivity index (χ3n) is 8.50. The molecule has 3 aliphatic heterocycles. The lowest BCUT2D eigenvalue weighted by Gasteiger charge is -2.39. The van der Waals surface area contributed by atoms with Crippen LogP contribution >= 0.6 is 0 Å². The number of hydrogen-bond donors (Lipinski definition) is 3. The lowest BCUT2D eigenvalue weighted by atomic mass is 9.76. The molecule has 0 aliphatic carbocycles. The summed E-state index contributed by atoms with van der Waals surface area (Å²) >= 11 is 0. The van der Waals surface area contributed by atoms with Gasteiger partial charge in [-0.1, -0.05) is 30.3 Å². The second kappa shape index (κ2) is 11.0. The van der Waals surface area contributed by atoms with E-state index in [2.05, 4.69) is 15.3 Å². The third-order valence-corrected chi connectivity index (χ3v) is 8.50. The number of nitrogens with one attached hydrogen (secondary N) is 1. The predicted octanol–water partition coefficient (Wildman–Crippen LogP) is 4.77. The summed E-state index contributed by atoms with van der Waals surface area (Å²) in [5.74, 6) is -0.0960. The standard InChI is InChI=1S/C30H32F3N5O4/c31-30(32,33)26(19-5-3-18(4-6-19)20-7-8-23-21(14-20)2-1-13-41-23)42-25-15-24(36-28(34)37-25)38-11-9-29(10-12-38)16-22(27(39)40)35-17-29/h3-8,14-15,22,26,35H,1-2,9-13,16-17H2,(H,39,40)(H2,34,36,37)/t22-,26+/m0/s1. The number of ether oxygens (including phenoxy) is 2. The van der Waals surface area contributed by atoms with Gasteiger partial charge in [0.05, 0.1) is 6.61 Å². The first-order valence-electron chi connectivity index (χ1n) is 14.0. The molecule has 3 aromatic rings. The van der Waals surface area contributed by atoms with Crippen molar-refractivity contribution in [2.75, 3.05) is 36.9 Å². The van der Waals surface area contributed by atoms with Crippen LogP contribution in [0.2, 0.25) is 0 Å². The lowest BCUT2D eigenvalue weighted by Crippen LogP contribution is -2.41. The molecular weight excluding hydrogens is 551 g/mol. The summed E-state index contributed by atoms with van der Waals surface area (Å²) in [6, 6.07) is 12.8. The number of carboxylic acids is 1. The molecule has 0 saturated carbocycles. The monoisotopic (exact) mass is 583 g/mol. The van der Waals surface area contributed by atoms with Crippen LogP contribution < -0.4 is 25.4 Å². The maximum atomic E-state index is 14.2. The number of halogens is 3. The molecule has 4 N–H and O–H groups in total. The number of benzene rings is 2. The fourth-order valence-corrected chi connectivity index (χ4v) is 6.17. The molecule has 9 nitrogen and oxygen atoms in total. The number of aryl methyl sites for hydroxylation is 1. The number of nitrogens with zero attached hydrogens (tertiary/aromatic N) is 3. The maximum absolute atomic E-state index is 14.2. The van der Waals surface area contributed by atoms with Gasteiger partial charge in [0.1, 0.15) is 17.6 Å². The van der Waals surface area contributed by atoms with Gasteiger partial charge in [-0.2, -0.15) is 23.1 Å². The summed E-state index contributed by atoms with van der Waals surface area (Å²) in [5.41, 5.74) is 8.48. The van der Waals surface area contributed by atoms with E-state index in [0.29, 0.717) is 38.5 Å². The second-order valence-electron chi connectivity index (χ2n) is 11.3. The van der Waals surface area contributed by atoms with Gasteiger partial charge >= 0.3 is 12.1 Å². The van der Waals surface area contributed by atoms with Crippen molar-refractivity contribution in [3.8, 4) is 22.8 Å². The molecule has 6 rings (SSSR count). The van der Waals surface area contributed by atoms with E-state index in [0.717, 1.165) is 48.1 Å². The van der Waals surface area contributed by atoms with Crippen molar-refractivity contribution < 1.29 is 32.5 Å². The minimum Gasteiger partial charge on any atom is -0.493 e. The Hall–Kier alpha value is -4.06. The fraction of sp³-hybridized carbons (Fsp3) is 0.433. The molecule has 0 bridgehead atoms. The first-order chi connectivity index (χ1) is 20.1.